The highest BCUT2D eigenvalue weighted by molar-refractivity contribution is 9.10. The Hall–Kier alpha value is -0.940. The Morgan fingerprint density at radius 3 is 3.06 bits per heavy atom. The van der Waals surface area contributed by atoms with Gasteiger partial charge in [0.2, 0.25) is 5.91 Å². The Kier molecular flexibility index (Phi) is 3.79. The molecule has 0 aliphatic carbocycles. The molecule has 92 valence electrons. The van der Waals surface area contributed by atoms with Crippen LogP contribution >= 0.6 is 15.9 Å². The largest absolute Gasteiger partial charge is 0.353 e. The lowest BCUT2D eigenvalue weighted by atomic mass is 10.1. The number of halogens is 2. The molecule has 1 aromatic carbocycles. The van der Waals surface area contributed by atoms with E-state index < -0.39 is 0 Å². The number of benzene rings is 1. The Labute approximate surface area is 108 Å². The van der Waals surface area contributed by atoms with Crippen LogP contribution in [-0.4, -0.2) is 29.9 Å². The average Bonchev–Trinajstić information content (AvgIpc) is 2.28. The van der Waals surface area contributed by atoms with Gasteiger partial charge in [0.1, 0.15) is 5.82 Å². The zero-order valence-electron chi connectivity index (χ0n) is 9.54. The quantitative estimate of drug-likeness (QED) is 0.905. The maximum absolute atomic E-state index is 13.7. The van der Waals surface area contributed by atoms with Gasteiger partial charge in [-0.2, -0.15) is 0 Å². The molecule has 1 aliphatic heterocycles. The second kappa shape index (κ2) is 5.14. The van der Waals surface area contributed by atoms with Gasteiger partial charge in [-0.25, -0.2) is 4.39 Å². The third-order valence-electron chi connectivity index (χ3n) is 3.01. The molecule has 17 heavy (non-hydrogen) atoms. The first-order chi connectivity index (χ1) is 8.08. The van der Waals surface area contributed by atoms with Crippen LogP contribution in [0.25, 0.3) is 0 Å². The summed E-state index contributed by atoms with van der Waals surface area (Å²) in [5.74, 6) is -0.230. The van der Waals surface area contributed by atoms with Gasteiger partial charge in [0, 0.05) is 29.7 Å². The Bertz CT molecular complexity index is 439. The second-order valence-corrected chi connectivity index (χ2v) is 5.09. The number of carbonyl (C=O) groups excluding carboxylic acids is 1. The molecule has 1 aliphatic rings. The van der Waals surface area contributed by atoms with Crippen LogP contribution < -0.4 is 5.32 Å². The fraction of sp³-hybridized carbons (Fsp3) is 0.417. The van der Waals surface area contributed by atoms with Crippen LogP contribution in [0.4, 0.5) is 4.39 Å². The Morgan fingerprint density at radius 1 is 1.59 bits per heavy atom. The van der Waals surface area contributed by atoms with Crippen molar-refractivity contribution in [3.63, 3.8) is 0 Å². The fourth-order valence-corrected chi connectivity index (χ4v) is 2.25. The first kappa shape index (κ1) is 12.5. The SMILES string of the molecule is C[C@H]1C(=O)NCCN1Cc1ccc(Br)cc1F. The molecule has 1 fully saturated rings. The predicted molar refractivity (Wildman–Crippen MR) is 67.0 cm³/mol. The molecule has 0 radical (unpaired) electrons. The van der Waals surface area contributed by atoms with E-state index >= 15 is 0 Å². The number of nitrogens with one attached hydrogen (secondary N) is 1. The van der Waals surface area contributed by atoms with E-state index in [0.717, 1.165) is 11.0 Å². The van der Waals surface area contributed by atoms with Gasteiger partial charge in [0.15, 0.2) is 0 Å². The van der Waals surface area contributed by atoms with Crippen molar-refractivity contribution in [3.05, 3.63) is 34.1 Å². The van der Waals surface area contributed by atoms with Gasteiger partial charge >= 0.3 is 0 Å². The normalized spacial score (nSPS) is 21.4. The van der Waals surface area contributed by atoms with Crippen LogP contribution in [0, 0.1) is 5.82 Å². The minimum absolute atomic E-state index is 0.00812. The van der Waals surface area contributed by atoms with Crippen LogP contribution in [0.1, 0.15) is 12.5 Å². The van der Waals surface area contributed by atoms with Crippen molar-refractivity contribution in [2.24, 2.45) is 0 Å². The molecule has 1 saturated heterocycles. The van der Waals surface area contributed by atoms with Crippen LogP contribution in [0.3, 0.4) is 0 Å². The predicted octanol–water partition coefficient (Wildman–Crippen LogP) is 1.91. The summed E-state index contributed by atoms with van der Waals surface area (Å²) in [6, 6.07) is 4.81. The third-order valence-corrected chi connectivity index (χ3v) is 3.51. The average molecular weight is 301 g/mol. The lowest BCUT2D eigenvalue weighted by molar-refractivity contribution is -0.128. The topological polar surface area (TPSA) is 32.3 Å². The highest BCUT2D eigenvalue weighted by Gasteiger charge is 2.25. The number of carbonyl (C=O) groups is 1. The van der Waals surface area contributed by atoms with E-state index in [4.69, 9.17) is 0 Å². The van der Waals surface area contributed by atoms with Crippen LogP contribution in [-0.2, 0) is 11.3 Å². The molecule has 1 atom stereocenters. The lowest BCUT2D eigenvalue weighted by Crippen LogP contribution is -2.53. The molecule has 0 aromatic heterocycles. The van der Waals surface area contributed by atoms with Crippen LogP contribution in [0.2, 0.25) is 0 Å². The van der Waals surface area contributed by atoms with Crippen molar-refractivity contribution in [1.82, 2.24) is 10.2 Å². The summed E-state index contributed by atoms with van der Waals surface area (Å²) in [5, 5.41) is 2.79. The zero-order chi connectivity index (χ0) is 12.4. The molecule has 1 N–H and O–H groups in total. The van der Waals surface area contributed by atoms with Crippen molar-refractivity contribution in [1.29, 1.82) is 0 Å². The number of piperazine rings is 1. The summed E-state index contributed by atoms with van der Waals surface area (Å²) in [6.45, 7) is 3.68. The van der Waals surface area contributed by atoms with E-state index in [1.807, 2.05) is 17.9 Å². The number of rotatable bonds is 2. The van der Waals surface area contributed by atoms with Gasteiger partial charge in [-0.15, -0.1) is 0 Å². The van der Waals surface area contributed by atoms with Crippen molar-refractivity contribution >= 4 is 21.8 Å². The van der Waals surface area contributed by atoms with Gasteiger partial charge in [0.25, 0.3) is 0 Å². The molecular formula is C12H14BrFN2O. The molecule has 0 unspecified atom stereocenters. The van der Waals surface area contributed by atoms with Crippen LogP contribution in [0.5, 0.6) is 0 Å². The maximum atomic E-state index is 13.7. The minimum atomic E-state index is -0.238. The minimum Gasteiger partial charge on any atom is -0.353 e. The fourth-order valence-electron chi connectivity index (χ4n) is 1.91. The van der Waals surface area contributed by atoms with E-state index in [-0.39, 0.29) is 17.8 Å². The molecule has 2 rings (SSSR count). The molecule has 0 saturated carbocycles. The van der Waals surface area contributed by atoms with Crippen molar-refractivity contribution < 1.29 is 9.18 Å². The van der Waals surface area contributed by atoms with Crippen LogP contribution in [0.15, 0.2) is 22.7 Å². The molecule has 5 heteroatoms. The molecular weight excluding hydrogens is 287 g/mol. The maximum Gasteiger partial charge on any atom is 0.237 e. The van der Waals surface area contributed by atoms with E-state index in [1.165, 1.54) is 6.07 Å². The van der Waals surface area contributed by atoms with Crippen molar-refractivity contribution in [2.75, 3.05) is 13.1 Å². The van der Waals surface area contributed by atoms with E-state index in [9.17, 15) is 9.18 Å². The summed E-state index contributed by atoms with van der Waals surface area (Å²) in [7, 11) is 0. The highest BCUT2D eigenvalue weighted by atomic mass is 79.9. The lowest BCUT2D eigenvalue weighted by Gasteiger charge is -2.32. The van der Waals surface area contributed by atoms with E-state index in [0.29, 0.717) is 18.7 Å². The van der Waals surface area contributed by atoms with E-state index in [2.05, 4.69) is 21.2 Å². The van der Waals surface area contributed by atoms with Crippen molar-refractivity contribution in [2.45, 2.75) is 19.5 Å². The van der Waals surface area contributed by atoms with Gasteiger partial charge in [-0.05, 0) is 19.1 Å². The monoisotopic (exact) mass is 300 g/mol. The molecule has 3 nitrogen and oxygen atoms in total. The van der Waals surface area contributed by atoms with Gasteiger partial charge in [-0.1, -0.05) is 22.0 Å². The summed E-state index contributed by atoms with van der Waals surface area (Å²) in [4.78, 5) is 13.5. The summed E-state index contributed by atoms with van der Waals surface area (Å²) >= 11 is 3.23. The molecule has 1 aromatic rings. The molecule has 1 heterocycles. The second-order valence-electron chi connectivity index (χ2n) is 4.17. The molecule has 1 amide bonds. The van der Waals surface area contributed by atoms with Gasteiger partial charge in [-0.3, -0.25) is 9.69 Å². The Balaban J connectivity index is 2.12. The number of hydrogen-bond acceptors (Lipinski definition) is 2. The molecule has 0 spiro atoms. The Morgan fingerprint density at radius 2 is 2.35 bits per heavy atom. The number of hydrogen-bond donors (Lipinski definition) is 1. The van der Waals surface area contributed by atoms with Gasteiger partial charge in [0.05, 0.1) is 6.04 Å². The van der Waals surface area contributed by atoms with Gasteiger partial charge < -0.3 is 5.32 Å². The summed E-state index contributed by atoms with van der Waals surface area (Å²) in [6.07, 6.45) is 0. The molecule has 0 bridgehead atoms. The number of nitrogens with zero attached hydrogens (tertiary/aromatic N) is 1. The summed E-state index contributed by atoms with van der Waals surface area (Å²) < 4.78 is 14.4. The smallest absolute Gasteiger partial charge is 0.237 e. The number of amides is 1. The summed E-state index contributed by atoms with van der Waals surface area (Å²) in [5.41, 5.74) is 0.620. The zero-order valence-corrected chi connectivity index (χ0v) is 11.1. The first-order valence-electron chi connectivity index (χ1n) is 5.53. The first-order valence-corrected chi connectivity index (χ1v) is 6.33. The van der Waals surface area contributed by atoms with Crippen molar-refractivity contribution in [3.8, 4) is 0 Å². The highest BCUT2D eigenvalue weighted by Crippen LogP contribution is 2.18. The van der Waals surface area contributed by atoms with E-state index in [1.54, 1.807) is 6.07 Å². The standard InChI is InChI=1S/C12H14BrFN2O/c1-8-12(17)15-4-5-16(8)7-9-2-3-10(13)6-11(9)14/h2-3,6,8H,4-5,7H2,1H3,(H,15,17)/t8-/m0/s1. The third kappa shape index (κ3) is 2.84.